The Kier molecular flexibility index (Phi) is 3.11. The van der Waals surface area contributed by atoms with Crippen LogP contribution in [0.15, 0.2) is 30.3 Å². The fourth-order valence-corrected chi connectivity index (χ4v) is 1.81. The molecule has 1 aromatic rings. The Labute approximate surface area is 93.7 Å². The first-order valence-electron chi connectivity index (χ1n) is 4.96. The second-order valence-electron chi connectivity index (χ2n) is 3.49. The van der Waals surface area contributed by atoms with Gasteiger partial charge in [-0.25, -0.2) is 0 Å². The van der Waals surface area contributed by atoms with Crippen molar-refractivity contribution in [2.24, 2.45) is 0 Å². The number of hydrogen-bond acceptors (Lipinski definition) is 2. The molecule has 0 N–H and O–H groups in total. The normalized spacial score (nSPS) is 21.5. The Morgan fingerprint density at radius 1 is 1.33 bits per heavy atom. The molecule has 80 valence electrons. The maximum absolute atomic E-state index is 11.6. The van der Waals surface area contributed by atoms with Gasteiger partial charge in [0.15, 0.2) is 6.10 Å². The van der Waals surface area contributed by atoms with Crippen LogP contribution in [-0.4, -0.2) is 23.0 Å². The van der Waals surface area contributed by atoms with Crippen LogP contribution in [-0.2, 0) is 4.79 Å². The molecule has 0 aromatic heterocycles. The molecule has 0 saturated carbocycles. The summed E-state index contributed by atoms with van der Waals surface area (Å²) in [6.45, 7) is 0.606. The second-order valence-corrected chi connectivity index (χ2v) is 3.89. The summed E-state index contributed by atoms with van der Waals surface area (Å²) in [7, 11) is 0. The van der Waals surface area contributed by atoms with Gasteiger partial charge in [0, 0.05) is 18.3 Å². The van der Waals surface area contributed by atoms with Gasteiger partial charge < -0.3 is 4.74 Å². The van der Waals surface area contributed by atoms with Gasteiger partial charge in [0.1, 0.15) is 5.75 Å². The summed E-state index contributed by atoms with van der Waals surface area (Å²) in [6.07, 6.45) is 1.18. The highest BCUT2D eigenvalue weighted by atomic mass is 35.5. The molecule has 0 spiro atoms. The minimum absolute atomic E-state index is 0.147. The lowest BCUT2D eigenvalue weighted by Gasteiger charge is -2.27. The molecule has 1 atom stereocenters. The molecule has 1 amide bonds. The molecule has 0 aliphatic carbocycles. The zero-order valence-electron chi connectivity index (χ0n) is 8.23. The van der Waals surface area contributed by atoms with Crippen LogP contribution in [0.5, 0.6) is 5.75 Å². The summed E-state index contributed by atoms with van der Waals surface area (Å²) in [5.74, 6) is 0.564. The molecule has 0 bridgehead atoms. The minimum atomic E-state index is -0.432. The number of piperidine rings is 1. The third-order valence-electron chi connectivity index (χ3n) is 2.36. The Hall–Kier alpha value is -1.22. The maximum Gasteiger partial charge on any atom is 0.277 e. The van der Waals surface area contributed by atoms with Crippen molar-refractivity contribution in [3.05, 3.63) is 30.3 Å². The van der Waals surface area contributed by atoms with Crippen molar-refractivity contribution in [1.82, 2.24) is 4.42 Å². The first kappa shape index (κ1) is 10.3. The number of rotatable bonds is 2. The molecule has 1 fully saturated rings. The Morgan fingerprint density at radius 3 is 2.80 bits per heavy atom. The van der Waals surface area contributed by atoms with E-state index < -0.39 is 6.10 Å². The van der Waals surface area contributed by atoms with E-state index in [0.717, 1.165) is 12.8 Å². The smallest absolute Gasteiger partial charge is 0.277 e. The molecule has 2 rings (SSSR count). The fourth-order valence-electron chi connectivity index (χ4n) is 1.58. The van der Waals surface area contributed by atoms with Gasteiger partial charge in [-0.2, -0.15) is 0 Å². The second kappa shape index (κ2) is 4.53. The molecule has 0 radical (unpaired) electrons. The van der Waals surface area contributed by atoms with E-state index in [1.54, 1.807) is 0 Å². The van der Waals surface area contributed by atoms with Gasteiger partial charge in [-0.3, -0.25) is 9.21 Å². The lowest BCUT2D eigenvalue weighted by molar-refractivity contribution is -0.136. The molecule has 4 heteroatoms. The van der Waals surface area contributed by atoms with Gasteiger partial charge in [0.05, 0.1) is 0 Å². The van der Waals surface area contributed by atoms with Crippen molar-refractivity contribution in [1.29, 1.82) is 0 Å². The first-order valence-corrected chi connectivity index (χ1v) is 5.30. The maximum atomic E-state index is 11.6. The van der Waals surface area contributed by atoms with Gasteiger partial charge in [0.25, 0.3) is 5.91 Å². The number of halogens is 1. The number of hydrogen-bond donors (Lipinski definition) is 0. The van der Waals surface area contributed by atoms with Crippen molar-refractivity contribution in [2.75, 3.05) is 6.54 Å². The standard InChI is InChI=1S/C11H12ClNO2/c12-13-8-4-7-10(11(13)14)15-9-5-2-1-3-6-9/h1-3,5-6,10H,4,7-8H2. The molecular weight excluding hydrogens is 214 g/mol. The first-order chi connectivity index (χ1) is 7.27. The number of nitrogens with zero attached hydrogens (tertiary/aromatic N) is 1. The van der Waals surface area contributed by atoms with E-state index in [9.17, 15) is 4.79 Å². The van der Waals surface area contributed by atoms with E-state index in [-0.39, 0.29) is 5.91 Å². The number of carbonyl (C=O) groups is 1. The quantitative estimate of drug-likeness (QED) is 0.723. The summed E-state index contributed by atoms with van der Waals surface area (Å²) in [5.41, 5.74) is 0. The summed E-state index contributed by atoms with van der Waals surface area (Å²) < 4.78 is 6.77. The number of amides is 1. The van der Waals surface area contributed by atoms with Crippen molar-refractivity contribution in [3.63, 3.8) is 0 Å². The lowest BCUT2D eigenvalue weighted by Crippen LogP contribution is -2.41. The van der Waals surface area contributed by atoms with Crippen molar-refractivity contribution in [2.45, 2.75) is 18.9 Å². The Balaban J connectivity index is 2.03. The number of ether oxygens (including phenoxy) is 1. The van der Waals surface area contributed by atoms with Crippen LogP contribution >= 0.6 is 11.8 Å². The van der Waals surface area contributed by atoms with Crippen LogP contribution in [0.2, 0.25) is 0 Å². The van der Waals surface area contributed by atoms with E-state index in [2.05, 4.69) is 0 Å². The average molecular weight is 226 g/mol. The lowest BCUT2D eigenvalue weighted by atomic mass is 10.1. The van der Waals surface area contributed by atoms with Crippen LogP contribution in [0, 0.1) is 0 Å². The van der Waals surface area contributed by atoms with E-state index in [0.29, 0.717) is 12.3 Å². The number of carbonyl (C=O) groups excluding carboxylic acids is 1. The topological polar surface area (TPSA) is 29.5 Å². The van der Waals surface area contributed by atoms with Crippen molar-refractivity contribution in [3.8, 4) is 5.75 Å². The van der Waals surface area contributed by atoms with Gasteiger partial charge in [0.2, 0.25) is 0 Å². The Morgan fingerprint density at radius 2 is 2.07 bits per heavy atom. The zero-order chi connectivity index (χ0) is 10.7. The SMILES string of the molecule is O=C1C(Oc2ccccc2)CCCN1Cl. The summed E-state index contributed by atoms with van der Waals surface area (Å²) >= 11 is 5.73. The van der Waals surface area contributed by atoms with Gasteiger partial charge in [-0.15, -0.1) is 0 Å². The highest BCUT2D eigenvalue weighted by Gasteiger charge is 2.29. The van der Waals surface area contributed by atoms with Crippen LogP contribution < -0.4 is 4.74 Å². The van der Waals surface area contributed by atoms with E-state index >= 15 is 0 Å². The summed E-state index contributed by atoms with van der Waals surface area (Å²) in [6, 6.07) is 9.33. The molecule has 1 heterocycles. The molecule has 1 saturated heterocycles. The molecule has 3 nitrogen and oxygen atoms in total. The van der Waals surface area contributed by atoms with Crippen LogP contribution in [0.3, 0.4) is 0 Å². The summed E-state index contributed by atoms with van der Waals surface area (Å²) in [4.78, 5) is 11.6. The van der Waals surface area contributed by atoms with E-state index in [1.165, 1.54) is 4.42 Å². The minimum Gasteiger partial charge on any atom is -0.481 e. The number of para-hydroxylation sites is 1. The molecule has 1 aliphatic heterocycles. The van der Waals surface area contributed by atoms with Crippen molar-refractivity contribution >= 4 is 17.7 Å². The van der Waals surface area contributed by atoms with E-state index in [1.807, 2.05) is 30.3 Å². The molecule has 1 aromatic carbocycles. The van der Waals surface area contributed by atoms with Gasteiger partial charge >= 0.3 is 0 Å². The Bertz CT molecular complexity index is 342. The molecule has 15 heavy (non-hydrogen) atoms. The van der Waals surface area contributed by atoms with Crippen LogP contribution in [0.4, 0.5) is 0 Å². The van der Waals surface area contributed by atoms with E-state index in [4.69, 9.17) is 16.5 Å². The molecule has 1 aliphatic rings. The third-order valence-corrected chi connectivity index (χ3v) is 2.69. The largest absolute Gasteiger partial charge is 0.481 e. The van der Waals surface area contributed by atoms with Gasteiger partial charge in [-0.1, -0.05) is 18.2 Å². The highest BCUT2D eigenvalue weighted by molar-refractivity contribution is 6.22. The molecular formula is C11H12ClNO2. The predicted molar refractivity (Wildman–Crippen MR) is 57.7 cm³/mol. The van der Waals surface area contributed by atoms with Crippen LogP contribution in [0.25, 0.3) is 0 Å². The highest BCUT2D eigenvalue weighted by Crippen LogP contribution is 2.19. The monoisotopic (exact) mass is 225 g/mol. The number of benzene rings is 1. The predicted octanol–water partition coefficient (Wildman–Crippen LogP) is 2.21. The van der Waals surface area contributed by atoms with Crippen LogP contribution in [0.1, 0.15) is 12.8 Å². The van der Waals surface area contributed by atoms with Gasteiger partial charge in [-0.05, 0) is 25.0 Å². The average Bonchev–Trinajstić information content (AvgIpc) is 2.26. The summed E-state index contributed by atoms with van der Waals surface area (Å²) in [5, 5.41) is 0. The molecule has 1 unspecified atom stereocenters. The fraction of sp³-hybridized carbons (Fsp3) is 0.364. The zero-order valence-corrected chi connectivity index (χ0v) is 8.98. The third kappa shape index (κ3) is 2.42. The van der Waals surface area contributed by atoms with Crippen molar-refractivity contribution < 1.29 is 9.53 Å².